The molecule has 1 rings (SSSR count). The SMILES string of the molecule is NCc1cc(C(F)F)cnc1N. The van der Waals surface area contributed by atoms with Crippen LogP contribution in [0.4, 0.5) is 14.6 Å². The standard InChI is InChI=1S/C7H9F2N3/c8-6(9)5-1-4(2-10)7(11)12-3-5/h1,3,6H,2,10H2,(H2,11,12). The van der Waals surface area contributed by atoms with Gasteiger partial charge in [0.15, 0.2) is 0 Å². The van der Waals surface area contributed by atoms with Crippen molar-refractivity contribution in [3.05, 3.63) is 23.4 Å². The van der Waals surface area contributed by atoms with Crippen LogP contribution in [0, 0.1) is 0 Å². The number of rotatable bonds is 2. The van der Waals surface area contributed by atoms with Crippen LogP contribution in [0.15, 0.2) is 12.3 Å². The van der Waals surface area contributed by atoms with Gasteiger partial charge in [-0.05, 0) is 6.07 Å². The van der Waals surface area contributed by atoms with Gasteiger partial charge in [-0.1, -0.05) is 0 Å². The van der Waals surface area contributed by atoms with Gasteiger partial charge in [0.2, 0.25) is 0 Å². The molecule has 0 saturated heterocycles. The number of nitrogen functional groups attached to an aromatic ring is 1. The van der Waals surface area contributed by atoms with Crippen molar-refractivity contribution in [1.82, 2.24) is 4.98 Å². The van der Waals surface area contributed by atoms with Crippen molar-refractivity contribution in [2.24, 2.45) is 5.73 Å². The average molecular weight is 173 g/mol. The number of pyridine rings is 1. The summed E-state index contributed by atoms with van der Waals surface area (Å²) in [6.07, 6.45) is -1.47. The molecule has 0 aliphatic carbocycles. The van der Waals surface area contributed by atoms with Crippen molar-refractivity contribution in [1.29, 1.82) is 0 Å². The Morgan fingerprint density at radius 3 is 2.67 bits per heavy atom. The van der Waals surface area contributed by atoms with Gasteiger partial charge in [0.25, 0.3) is 6.43 Å². The highest BCUT2D eigenvalue weighted by Crippen LogP contribution is 2.20. The van der Waals surface area contributed by atoms with Gasteiger partial charge < -0.3 is 11.5 Å². The van der Waals surface area contributed by atoms with Crippen molar-refractivity contribution < 1.29 is 8.78 Å². The fourth-order valence-corrected chi connectivity index (χ4v) is 0.822. The average Bonchev–Trinajstić information content (AvgIpc) is 2.05. The predicted octanol–water partition coefficient (Wildman–Crippen LogP) is 1.06. The molecule has 1 aromatic rings. The second kappa shape index (κ2) is 3.44. The van der Waals surface area contributed by atoms with E-state index >= 15 is 0 Å². The molecule has 0 amide bonds. The van der Waals surface area contributed by atoms with Crippen molar-refractivity contribution >= 4 is 5.82 Å². The summed E-state index contributed by atoms with van der Waals surface area (Å²) in [5.41, 5.74) is 10.9. The first-order chi connectivity index (χ1) is 5.65. The van der Waals surface area contributed by atoms with Gasteiger partial charge in [0.05, 0.1) is 0 Å². The molecule has 0 bridgehead atoms. The summed E-state index contributed by atoms with van der Waals surface area (Å²) in [6, 6.07) is 1.27. The molecular formula is C7H9F2N3. The Bertz CT molecular complexity index is 275. The molecule has 12 heavy (non-hydrogen) atoms. The first kappa shape index (κ1) is 8.86. The summed E-state index contributed by atoms with van der Waals surface area (Å²) in [5, 5.41) is 0. The Kier molecular flexibility index (Phi) is 2.54. The zero-order chi connectivity index (χ0) is 9.14. The highest BCUT2D eigenvalue weighted by Gasteiger charge is 2.09. The van der Waals surface area contributed by atoms with E-state index in [4.69, 9.17) is 11.5 Å². The summed E-state index contributed by atoms with van der Waals surface area (Å²) in [5.74, 6) is 0.210. The van der Waals surface area contributed by atoms with E-state index in [1.165, 1.54) is 6.07 Å². The molecule has 0 unspecified atom stereocenters. The number of hydrogen-bond donors (Lipinski definition) is 2. The molecule has 4 N–H and O–H groups in total. The van der Waals surface area contributed by atoms with Crippen LogP contribution < -0.4 is 11.5 Å². The highest BCUT2D eigenvalue weighted by molar-refractivity contribution is 5.40. The zero-order valence-electron chi connectivity index (χ0n) is 6.30. The van der Waals surface area contributed by atoms with Crippen molar-refractivity contribution in [2.75, 3.05) is 5.73 Å². The first-order valence-electron chi connectivity index (χ1n) is 3.37. The number of nitrogens with two attached hydrogens (primary N) is 2. The van der Waals surface area contributed by atoms with Crippen LogP contribution >= 0.6 is 0 Å². The van der Waals surface area contributed by atoms with Gasteiger partial charge in [0, 0.05) is 23.9 Å². The minimum atomic E-state index is -2.52. The molecule has 0 aliphatic heterocycles. The topological polar surface area (TPSA) is 64.9 Å². The van der Waals surface area contributed by atoms with E-state index in [1.54, 1.807) is 0 Å². The summed E-state index contributed by atoms with van der Waals surface area (Å²) in [4.78, 5) is 3.59. The van der Waals surface area contributed by atoms with Gasteiger partial charge in [0.1, 0.15) is 5.82 Å². The third kappa shape index (κ3) is 1.68. The number of alkyl halides is 2. The van der Waals surface area contributed by atoms with E-state index in [2.05, 4.69) is 4.98 Å². The molecular weight excluding hydrogens is 164 g/mol. The summed E-state index contributed by atoms with van der Waals surface area (Å²) >= 11 is 0. The molecule has 0 fully saturated rings. The van der Waals surface area contributed by atoms with Gasteiger partial charge in [-0.15, -0.1) is 0 Å². The van der Waals surface area contributed by atoms with Crippen LogP contribution in [-0.2, 0) is 6.54 Å². The first-order valence-corrected chi connectivity index (χ1v) is 3.37. The zero-order valence-corrected chi connectivity index (χ0v) is 6.30. The Balaban J connectivity index is 3.05. The predicted molar refractivity (Wildman–Crippen MR) is 41.5 cm³/mol. The van der Waals surface area contributed by atoms with E-state index in [-0.39, 0.29) is 17.9 Å². The van der Waals surface area contributed by atoms with Gasteiger partial charge >= 0.3 is 0 Å². The van der Waals surface area contributed by atoms with Crippen LogP contribution in [0.3, 0.4) is 0 Å². The summed E-state index contributed by atoms with van der Waals surface area (Å²) < 4.78 is 24.2. The molecule has 0 spiro atoms. The Hall–Kier alpha value is -1.23. The molecule has 5 heteroatoms. The molecule has 66 valence electrons. The fraction of sp³-hybridized carbons (Fsp3) is 0.286. The maximum Gasteiger partial charge on any atom is 0.265 e. The normalized spacial score (nSPS) is 10.7. The molecule has 1 heterocycles. The molecule has 1 aromatic heterocycles. The van der Waals surface area contributed by atoms with Crippen LogP contribution in [0.25, 0.3) is 0 Å². The van der Waals surface area contributed by atoms with E-state index < -0.39 is 6.43 Å². The van der Waals surface area contributed by atoms with Crippen molar-refractivity contribution in [3.8, 4) is 0 Å². The van der Waals surface area contributed by atoms with Gasteiger partial charge in [-0.3, -0.25) is 0 Å². The number of nitrogens with zero attached hydrogens (tertiary/aromatic N) is 1. The molecule has 0 aliphatic rings. The Morgan fingerprint density at radius 2 is 2.17 bits per heavy atom. The maximum atomic E-state index is 12.1. The Morgan fingerprint density at radius 1 is 1.50 bits per heavy atom. The van der Waals surface area contributed by atoms with E-state index in [1.807, 2.05) is 0 Å². The molecule has 0 saturated carbocycles. The molecule has 0 aromatic carbocycles. The third-order valence-corrected chi connectivity index (χ3v) is 1.49. The molecule has 0 radical (unpaired) electrons. The van der Waals surface area contributed by atoms with Crippen LogP contribution in [0.1, 0.15) is 17.6 Å². The van der Waals surface area contributed by atoms with Crippen LogP contribution in [-0.4, -0.2) is 4.98 Å². The van der Waals surface area contributed by atoms with E-state index in [9.17, 15) is 8.78 Å². The smallest absolute Gasteiger partial charge is 0.265 e. The lowest BCUT2D eigenvalue weighted by Crippen LogP contribution is -2.04. The molecule has 3 nitrogen and oxygen atoms in total. The third-order valence-electron chi connectivity index (χ3n) is 1.49. The number of aromatic nitrogens is 1. The Labute approximate surface area is 68.4 Å². The second-order valence-electron chi connectivity index (χ2n) is 2.32. The van der Waals surface area contributed by atoms with Crippen molar-refractivity contribution in [2.45, 2.75) is 13.0 Å². The lowest BCUT2D eigenvalue weighted by molar-refractivity contribution is 0.151. The number of halogens is 2. The van der Waals surface area contributed by atoms with E-state index in [0.29, 0.717) is 5.56 Å². The van der Waals surface area contributed by atoms with Crippen LogP contribution in [0.5, 0.6) is 0 Å². The second-order valence-corrected chi connectivity index (χ2v) is 2.32. The van der Waals surface area contributed by atoms with Crippen LogP contribution in [0.2, 0.25) is 0 Å². The fourth-order valence-electron chi connectivity index (χ4n) is 0.822. The number of hydrogen-bond acceptors (Lipinski definition) is 3. The largest absolute Gasteiger partial charge is 0.383 e. The summed E-state index contributed by atoms with van der Waals surface area (Å²) in [6.45, 7) is 0.124. The molecule has 0 atom stereocenters. The van der Waals surface area contributed by atoms with Gasteiger partial charge in [-0.25, -0.2) is 13.8 Å². The number of anilines is 1. The highest BCUT2D eigenvalue weighted by atomic mass is 19.3. The minimum Gasteiger partial charge on any atom is -0.383 e. The summed E-state index contributed by atoms with van der Waals surface area (Å²) in [7, 11) is 0. The van der Waals surface area contributed by atoms with Gasteiger partial charge in [-0.2, -0.15) is 0 Å². The maximum absolute atomic E-state index is 12.1. The monoisotopic (exact) mass is 173 g/mol. The minimum absolute atomic E-state index is 0.124. The van der Waals surface area contributed by atoms with Crippen molar-refractivity contribution in [3.63, 3.8) is 0 Å². The quantitative estimate of drug-likeness (QED) is 0.702. The lowest BCUT2D eigenvalue weighted by Gasteiger charge is -2.04. The lowest BCUT2D eigenvalue weighted by atomic mass is 10.2. The van der Waals surface area contributed by atoms with E-state index in [0.717, 1.165) is 6.20 Å².